The highest BCUT2D eigenvalue weighted by Crippen LogP contribution is 2.36. The molecule has 0 fully saturated rings. The molecule has 0 spiro atoms. The summed E-state index contributed by atoms with van der Waals surface area (Å²) in [5, 5.41) is 0. The lowest BCUT2D eigenvalue weighted by Gasteiger charge is -2.08. The number of methoxy groups -OCH3 is 1. The van der Waals surface area contributed by atoms with Gasteiger partial charge in [0.15, 0.2) is 0 Å². The summed E-state index contributed by atoms with van der Waals surface area (Å²) in [5.41, 5.74) is 9.77. The molecule has 2 aromatic heterocycles. The number of pyridine rings is 1. The fraction of sp³-hybridized carbons (Fsp3) is 0.133. The van der Waals surface area contributed by atoms with Crippen LogP contribution in [-0.2, 0) is 0 Å². The molecule has 4 nitrogen and oxygen atoms in total. The van der Waals surface area contributed by atoms with E-state index in [1.54, 1.807) is 7.11 Å². The van der Waals surface area contributed by atoms with Crippen molar-refractivity contribution in [2.24, 2.45) is 0 Å². The number of imidazole rings is 1. The average molecular weight is 332 g/mol. The van der Waals surface area contributed by atoms with Crippen molar-refractivity contribution in [2.75, 3.05) is 12.8 Å². The van der Waals surface area contributed by atoms with E-state index in [2.05, 4.69) is 20.9 Å². The molecule has 20 heavy (non-hydrogen) atoms. The standard InChI is InChI=1S/C15H14BrN3O/c1-9-4-3-5-13-18-14(15(17)19(9)13)11-8-10(16)6-7-12(11)20-2/h3-8H,17H2,1-2H3. The Hall–Kier alpha value is -2.01. The van der Waals surface area contributed by atoms with Gasteiger partial charge in [-0.05, 0) is 37.3 Å². The smallest absolute Gasteiger partial charge is 0.139 e. The molecule has 102 valence electrons. The Morgan fingerprint density at radius 1 is 1.25 bits per heavy atom. The van der Waals surface area contributed by atoms with Gasteiger partial charge in [-0.25, -0.2) is 4.98 Å². The Morgan fingerprint density at radius 3 is 2.75 bits per heavy atom. The molecule has 0 amide bonds. The first-order valence-electron chi connectivity index (χ1n) is 6.19. The van der Waals surface area contributed by atoms with Gasteiger partial charge in [-0.2, -0.15) is 0 Å². The molecule has 2 N–H and O–H groups in total. The van der Waals surface area contributed by atoms with E-state index < -0.39 is 0 Å². The predicted molar refractivity (Wildman–Crippen MR) is 84.0 cm³/mol. The van der Waals surface area contributed by atoms with Crippen molar-refractivity contribution in [3.8, 4) is 17.0 Å². The van der Waals surface area contributed by atoms with Gasteiger partial charge in [0.1, 0.15) is 22.9 Å². The number of nitrogens with zero attached hydrogens (tertiary/aromatic N) is 2. The molecule has 0 unspecified atom stereocenters. The van der Waals surface area contributed by atoms with E-state index in [-0.39, 0.29) is 0 Å². The van der Waals surface area contributed by atoms with Crippen LogP contribution in [0.4, 0.5) is 5.82 Å². The average Bonchev–Trinajstić information content (AvgIpc) is 2.77. The summed E-state index contributed by atoms with van der Waals surface area (Å²) in [6.07, 6.45) is 0. The van der Waals surface area contributed by atoms with E-state index in [0.717, 1.165) is 32.8 Å². The van der Waals surface area contributed by atoms with Crippen LogP contribution in [-0.4, -0.2) is 16.5 Å². The SMILES string of the molecule is COc1ccc(Br)cc1-c1nc2cccc(C)n2c1N. The first kappa shape index (κ1) is 13.0. The van der Waals surface area contributed by atoms with Crippen molar-refractivity contribution >= 4 is 27.4 Å². The van der Waals surface area contributed by atoms with E-state index in [9.17, 15) is 0 Å². The summed E-state index contributed by atoms with van der Waals surface area (Å²) >= 11 is 3.47. The molecule has 0 radical (unpaired) electrons. The topological polar surface area (TPSA) is 52.5 Å². The quantitative estimate of drug-likeness (QED) is 0.779. The molecule has 1 aromatic carbocycles. The number of nitrogen functional groups attached to an aromatic ring is 1. The Morgan fingerprint density at radius 2 is 2.05 bits per heavy atom. The van der Waals surface area contributed by atoms with E-state index >= 15 is 0 Å². The van der Waals surface area contributed by atoms with Gasteiger partial charge < -0.3 is 10.5 Å². The van der Waals surface area contributed by atoms with E-state index in [1.807, 2.05) is 47.7 Å². The van der Waals surface area contributed by atoms with Crippen molar-refractivity contribution in [3.05, 3.63) is 46.6 Å². The third-order valence-corrected chi connectivity index (χ3v) is 3.78. The maximum atomic E-state index is 6.28. The molecule has 0 aliphatic carbocycles. The van der Waals surface area contributed by atoms with Crippen LogP contribution in [0.25, 0.3) is 16.9 Å². The van der Waals surface area contributed by atoms with Crippen LogP contribution in [0, 0.1) is 6.92 Å². The van der Waals surface area contributed by atoms with Gasteiger partial charge in [0.25, 0.3) is 0 Å². The van der Waals surface area contributed by atoms with Gasteiger partial charge in [0.05, 0.1) is 7.11 Å². The third kappa shape index (κ3) is 1.94. The normalized spacial score (nSPS) is 10.9. The van der Waals surface area contributed by atoms with Crippen molar-refractivity contribution in [1.29, 1.82) is 0 Å². The summed E-state index contributed by atoms with van der Waals surface area (Å²) in [4.78, 5) is 4.63. The lowest BCUT2D eigenvalue weighted by Crippen LogP contribution is -1.98. The lowest BCUT2D eigenvalue weighted by molar-refractivity contribution is 0.416. The first-order valence-corrected chi connectivity index (χ1v) is 6.98. The first-order chi connectivity index (χ1) is 9.61. The summed E-state index contributed by atoms with van der Waals surface area (Å²) in [6, 6.07) is 11.7. The van der Waals surface area contributed by atoms with Crippen LogP contribution < -0.4 is 10.5 Å². The number of nitrogens with two attached hydrogens (primary N) is 1. The molecule has 3 rings (SSSR count). The summed E-state index contributed by atoms with van der Waals surface area (Å²) in [6.45, 7) is 2.01. The van der Waals surface area contributed by atoms with E-state index in [1.165, 1.54) is 0 Å². The summed E-state index contributed by atoms with van der Waals surface area (Å²) in [7, 11) is 1.64. The number of aromatic nitrogens is 2. The van der Waals surface area contributed by atoms with Gasteiger partial charge >= 0.3 is 0 Å². The highest BCUT2D eigenvalue weighted by Gasteiger charge is 2.16. The molecule has 0 saturated carbocycles. The molecular weight excluding hydrogens is 318 g/mol. The maximum Gasteiger partial charge on any atom is 0.139 e. The van der Waals surface area contributed by atoms with Gasteiger partial charge in [0, 0.05) is 15.7 Å². The molecule has 0 aliphatic rings. The third-order valence-electron chi connectivity index (χ3n) is 3.29. The van der Waals surface area contributed by atoms with Crippen LogP contribution in [0.3, 0.4) is 0 Å². The summed E-state index contributed by atoms with van der Waals surface area (Å²) in [5.74, 6) is 1.37. The minimum absolute atomic E-state index is 0.620. The van der Waals surface area contributed by atoms with Gasteiger partial charge in [0.2, 0.25) is 0 Å². The number of anilines is 1. The van der Waals surface area contributed by atoms with Crippen molar-refractivity contribution in [3.63, 3.8) is 0 Å². The Labute approximate surface area is 125 Å². The maximum absolute atomic E-state index is 6.28. The number of aryl methyl sites for hydroxylation is 1. The zero-order valence-electron chi connectivity index (χ0n) is 11.2. The summed E-state index contributed by atoms with van der Waals surface area (Å²) < 4.78 is 8.31. The second-order valence-electron chi connectivity index (χ2n) is 4.55. The Kier molecular flexibility index (Phi) is 3.14. The molecule has 0 atom stereocenters. The molecule has 3 aromatic rings. The largest absolute Gasteiger partial charge is 0.496 e. The van der Waals surface area contributed by atoms with E-state index in [4.69, 9.17) is 10.5 Å². The van der Waals surface area contributed by atoms with Gasteiger partial charge in [-0.3, -0.25) is 4.40 Å². The minimum atomic E-state index is 0.620. The zero-order chi connectivity index (χ0) is 14.3. The second-order valence-corrected chi connectivity index (χ2v) is 5.47. The molecule has 5 heteroatoms. The number of ether oxygens (including phenoxy) is 1. The number of hydrogen-bond donors (Lipinski definition) is 1. The second kappa shape index (κ2) is 4.83. The molecule has 2 heterocycles. The number of benzene rings is 1. The number of halogens is 1. The predicted octanol–water partition coefficient (Wildman–Crippen LogP) is 3.66. The van der Waals surface area contributed by atoms with Crippen molar-refractivity contribution < 1.29 is 4.74 Å². The monoisotopic (exact) mass is 331 g/mol. The van der Waals surface area contributed by atoms with E-state index in [0.29, 0.717) is 5.82 Å². The van der Waals surface area contributed by atoms with Crippen LogP contribution in [0.15, 0.2) is 40.9 Å². The number of hydrogen-bond acceptors (Lipinski definition) is 3. The highest BCUT2D eigenvalue weighted by molar-refractivity contribution is 9.10. The number of rotatable bonds is 2. The van der Waals surface area contributed by atoms with Crippen LogP contribution in [0.1, 0.15) is 5.69 Å². The number of fused-ring (bicyclic) bond motifs is 1. The fourth-order valence-corrected chi connectivity index (χ4v) is 2.71. The van der Waals surface area contributed by atoms with Crippen LogP contribution >= 0.6 is 15.9 Å². The molecule has 0 aliphatic heterocycles. The Bertz CT molecular complexity index is 795. The zero-order valence-corrected chi connectivity index (χ0v) is 12.8. The fourth-order valence-electron chi connectivity index (χ4n) is 2.35. The lowest BCUT2D eigenvalue weighted by atomic mass is 10.1. The highest BCUT2D eigenvalue weighted by atomic mass is 79.9. The molecule has 0 saturated heterocycles. The van der Waals surface area contributed by atoms with Crippen LogP contribution in [0.5, 0.6) is 5.75 Å². The van der Waals surface area contributed by atoms with Gasteiger partial charge in [-0.15, -0.1) is 0 Å². The molecule has 0 bridgehead atoms. The molecular formula is C15H14BrN3O. The van der Waals surface area contributed by atoms with Crippen LogP contribution in [0.2, 0.25) is 0 Å². The Balaban J connectivity index is 2.33. The minimum Gasteiger partial charge on any atom is -0.496 e. The van der Waals surface area contributed by atoms with Crippen molar-refractivity contribution in [2.45, 2.75) is 6.92 Å². The van der Waals surface area contributed by atoms with Crippen molar-refractivity contribution in [1.82, 2.24) is 9.38 Å². The van der Waals surface area contributed by atoms with Gasteiger partial charge in [-0.1, -0.05) is 22.0 Å².